The van der Waals surface area contributed by atoms with Crippen molar-refractivity contribution in [3.8, 4) is 0 Å². The van der Waals surface area contributed by atoms with Gasteiger partial charge in [0.1, 0.15) is 11.6 Å². The van der Waals surface area contributed by atoms with Crippen LogP contribution >= 0.6 is 0 Å². The van der Waals surface area contributed by atoms with Gasteiger partial charge in [0, 0.05) is 11.4 Å². The molecule has 0 amide bonds. The van der Waals surface area contributed by atoms with Crippen LogP contribution in [0.15, 0.2) is 24.3 Å². The number of anilines is 1. The zero-order valence-corrected chi connectivity index (χ0v) is 9.34. The molecule has 0 fully saturated rings. The summed E-state index contributed by atoms with van der Waals surface area (Å²) < 4.78 is 12.9. The number of benzene rings is 1. The van der Waals surface area contributed by atoms with Crippen LogP contribution in [0.2, 0.25) is 0 Å². The molecule has 0 bridgehead atoms. The second-order valence-corrected chi connectivity index (χ2v) is 3.76. The Kier molecular flexibility index (Phi) is 2.90. The molecule has 0 saturated carbocycles. The van der Waals surface area contributed by atoms with Crippen molar-refractivity contribution in [2.45, 2.75) is 20.4 Å². The Morgan fingerprint density at radius 2 is 2.19 bits per heavy atom. The number of imidazole rings is 1. The quantitative estimate of drug-likeness (QED) is 0.833. The molecule has 4 heteroatoms. The zero-order chi connectivity index (χ0) is 11.5. The average molecular weight is 219 g/mol. The zero-order valence-electron chi connectivity index (χ0n) is 9.34. The lowest BCUT2D eigenvalue weighted by Crippen LogP contribution is -2.01. The van der Waals surface area contributed by atoms with E-state index in [1.165, 1.54) is 12.1 Å². The predicted molar refractivity (Wildman–Crippen MR) is 61.8 cm³/mol. The Morgan fingerprint density at radius 1 is 1.38 bits per heavy atom. The van der Waals surface area contributed by atoms with Gasteiger partial charge in [-0.15, -0.1) is 0 Å². The third-order valence-electron chi connectivity index (χ3n) is 2.46. The fourth-order valence-electron chi connectivity index (χ4n) is 1.49. The monoisotopic (exact) mass is 219 g/mol. The summed E-state index contributed by atoms with van der Waals surface area (Å²) in [6, 6.07) is 6.39. The van der Waals surface area contributed by atoms with Gasteiger partial charge in [0.15, 0.2) is 0 Å². The summed E-state index contributed by atoms with van der Waals surface area (Å²) in [6.07, 6.45) is 0. The normalized spacial score (nSPS) is 10.4. The first kappa shape index (κ1) is 10.7. The molecule has 84 valence electrons. The molecule has 0 aliphatic carbocycles. The number of rotatable bonds is 3. The number of nitrogens with zero attached hydrogens (tertiary/aromatic N) is 1. The molecule has 0 atom stereocenters. The van der Waals surface area contributed by atoms with Crippen LogP contribution in [-0.2, 0) is 6.54 Å². The summed E-state index contributed by atoms with van der Waals surface area (Å²) in [7, 11) is 0. The summed E-state index contributed by atoms with van der Waals surface area (Å²) in [5.41, 5.74) is 2.82. The van der Waals surface area contributed by atoms with Crippen LogP contribution in [0.5, 0.6) is 0 Å². The van der Waals surface area contributed by atoms with Crippen LogP contribution in [-0.4, -0.2) is 9.97 Å². The van der Waals surface area contributed by atoms with E-state index >= 15 is 0 Å². The molecule has 1 aromatic carbocycles. The Hall–Kier alpha value is -1.84. The predicted octanol–water partition coefficient (Wildman–Crippen LogP) is 2.78. The molecule has 16 heavy (non-hydrogen) atoms. The highest BCUT2D eigenvalue weighted by molar-refractivity contribution is 5.43. The summed E-state index contributed by atoms with van der Waals surface area (Å²) in [5.74, 6) is 0.621. The second-order valence-electron chi connectivity index (χ2n) is 3.76. The molecular weight excluding hydrogens is 205 g/mol. The summed E-state index contributed by atoms with van der Waals surface area (Å²) in [6.45, 7) is 4.50. The van der Waals surface area contributed by atoms with Gasteiger partial charge in [0.25, 0.3) is 0 Å². The van der Waals surface area contributed by atoms with Crippen LogP contribution < -0.4 is 5.32 Å². The van der Waals surface area contributed by atoms with Crippen LogP contribution in [0.3, 0.4) is 0 Å². The van der Waals surface area contributed by atoms with Crippen molar-refractivity contribution < 1.29 is 4.39 Å². The first-order valence-electron chi connectivity index (χ1n) is 5.16. The van der Waals surface area contributed by atoms with Gasteiger partial charge in [-0.1, -0.05) is 6.07 Å². The first-order valence-corrected chi connectivity index (χ1v) is 5.16. The van der Waals surface area contributed by atoms with Crippen LogP contribution in [0.25, 0.3) is 0 Å². The maximum Gasteiger partial charge on any atom is 0.125 e. The molecule has 0 saturated heterocycles. The van der Waals surface area contributed by atoms with Crippen molar-refractivity contribution in [2.24, 2.45) is 0 Å². The average Bonchev–Trinajstić information content (AvgIpc) is 2.56. The van der Waals surface area contributed by atoms with E-state index in [1.807, 2.05) is 19.9 Å². The highest BCUT2D eigenvalue weighted by Gasteiger charge is 2.02. The van der Waals surface area contributed by atoms with Gasteiger partial charge in [-0.2, -0.15) is 0 Å². The van der Waals surface area contributed by atoms with Crippen molar-refractivity contribution in [1.29, 1.82) is 0 Å². The van der Waals surface area contributed by atoms with Crippen molar-refractivity contribution in [2.75, 3.05) is 5.32 Å². The van der Waals surface area contributed by atoms with Crippen molar-refractivity contribution >= 4 is 5.69 Å². The van der Waals surface area contributed by atoms with Crippen LogP contribution in [0.4, 0.5) is 10.1 Å². The van der Waals surface area contributed by atoms with E-state index in [0.717, 1.165) is 22.9 Å². The third kappa shape index (κ3) is 2.39. The van der Waals surface area contributed by atoms with E-state index < -0.39 is 0 Å². The molecule has 2 rings (SSSR count). The van der Waals surface area contributed by atoms with Gasteiger partial charge < -0.3 is 10.3 Å². The van der Waals surface area contributed by atoms with E-state index in [1.54, 1.807) is 6.07 Å². The molecule has 0 unspecified atom stereocenters. The van der Waals surface area contributed by atoms with E-state index in [4.69, 9.17) is 0 Å². The van der Waals surface area contributed by atoms with Gasteiger partial charge in [-0.3, -0.25) is 0 Å². The van der Waals surface area contributed by atoms with E-state index in [2.05, 4.69) is 15.3 Å². The number of aromatic nitrogens is 2. The van der Waals surface area contributed by atoms with Gasteiger partial charge in [-0.25, -0.2) is 9.37 Å². The lowest BCUT2D eigenvalue weighted by molar-refractivity contribution is 0.628. The van der Waals surface area contributed by atoms with E-state index in [9.17, 15) is 4.39 Å². The van der Waals surface area contributed by atoms with Crippen molar-refractivity contribution in [3.63, 3.8) is 0 Å². The Bertz CT molecular complexity index is 471. The molecule has 2 N–H and O–H groups in total. The molecule has 0 aliphatic heterocycles. The number of aryl methyl sites for hydroxylation is 2. The minimum absolute atomic E-state index is 0.239. The third-order valence-corrected chi connectivity index (χ3v) is 2.46. The summed E-state index contributed by atoms with van der Waals surface area (Å²) in [5, 5.41) is 3.11. The largest absolute Gasteiger partial charge is 0.378 e. The number of hydrogen-bond donors (Lipinski definition) is 2. The number of aromatic amines is 1. The van der Waals surface area contributed by atoms with Crippen molar-refractivity contribution in [1.82, 2.24) is 9.97 Å². The van der Waals surface area contributed by atoms with E-state index in [-0.39, 0.29) is 5.82 Å². The molecule has 3 nitrogen and oxygen atoms in total. The molecule has 0 radical (unpaired) electrons. The van der Waals surface area contributed by atoms with Gasteiger partial charge in [0.2, 0.25) is 0 Å². The standard InChI is InChI=1S/C12H14FN3/c1-8-9(2)16-12(15-8)7-14-11-5-3-4-10(13)6-11/h3-6,14H,7H2,1-2H3,(H,15,16). The van der Waals surface area contributed by atoms with Gasteiger partial charge in [0.05, 0.1) is 12.2 Å². The fourth-order valence-corrected chi connectivity index (χ4v) is 1.49. The lowest BCUT2D eigenvalue weighted by Gasteiger charge is -2.03. The molecule has 0 spiro atoms. The number of H-pyrrole nitrogens is 1. The second kappa shape index (κ2) is 4.35. The van der Waals surface area contributed by atoms with Crippen molar-refractivity contribution in [3.05, 3.63) is 47.3 Å². The molecular formula is C12H14FN3. The molecule has 1 heterocycles. The molecule has 1 aromatic heterocycles. The Morgan fingerprint density at radius 3 is 2.81 bits per heavy atom. The first-order chi connectivity index (χ1) is 7.65. The summed E-state index contributed by atoms with van der Waals surface area (Å²) >= 11 is 0. The SMILES string of the molecule is Cc1nc(CNc2cccc(F)c2)[nH]c1C. The maximum absolute atomic E-state index is 12.9. The highest BCUT2D eigenvalue weighted by atomic mass is 19.1. The van der Waals surface area contributed by atoms with Gasteiger partial charge in [-0.05, 0) is 32.0 Å². The highest BCUT2D eigenvalue weighted by Crippen LogP contribution is 2.10. The Balaban J connectivity index is 2.02. The molecule has 0 aliphatic rings. The van der Waals surface area contributed by atoms with E-state index in [0.29, 0.717) is 6.54 Å². The minimum Gasteiger partial charge on any atom is -0.378 e. The van der Waals surface area contributed by atoms with Crippen LogP contribution in [0, 0.1) is 19.7 Å². The number of nitrogens with one attached hydrogen (secondary N) is 2. The maximum atomic E-state index is 12.9. The topological polar surface area (TPSA) is 40.7 Å². The Labute approximate surface area is 93.7 Å². The van der Waals surface area contributed by atoms with Gasteiger partial charge >= 0.3 is 0 Å². The summed E-state index contributed by atoms with van der Waals surface area (Å²) in [4.78, 5) is 7.50. The lowest BCUT2D eigenvalue weighted by atomic mass is 10.3. The van der Waals surface area contributed by atoms with Crippen LogP contribution in [0.1, 0.15) is 17.2 Å². The number of halogens is 1. The fraction of sp³-hybridized carbons (Fsp3) is 0.250. The number of hydrogen-bond acceptors (Lipinski definition) is 2. The molecule has 2 aromatic rings. The smallest absolute Gasteiger partial charge is 0.125 e. The minimum atomic E-state index is -0.239.